The first kappa shape index (κ1) is 79.2. The summed E-state index contributed by atoms with van der Waals surface area (Å²) in [6, 6.07) is 51.4. The molecule has 0 amide bonds. The Hall–Kier alpha value is -10.5. The van der Waals surface area contributed by atoms with E-state index in [0.717, 1.165) is 137 Å². The number of benzene rings is 7. The average molecular weight is 1420 g/mol. The molecule has 0 saturated heterocycles. The van der Waals surface area contributed by atoms with Crippen LogP contribution in [0.4, 0.5) is 0 Å². The normalized spacial score (nSPS) is 10.8. The smallest absolute Gasteiger partial charge is 0.343 e. The van der Waals surface area contributed by atoms with Crippen LogP contribution in [-0.2, 0) is 20.8 Å². The van der Waals surface area contributed by atoms with E-state index in [9.17, 15) is 24.0 Å². The summed E-state index contributed by atoms with van der Waals surface area (Å²) in [6.45, 7) is 2.27. The van der Waals surface area contributed by atoms with Crippen LogP contribution in [0, 0.1) is 34.5 Å². The fraction of sp³-hybridized carbons (Fsp3) is 0.384. The standard InChI is InChI=1S/C86H95N5O12S/c87-63-66-30-34-68(35-31-66)70-38-50-79(51-39-70)102-85(95)72-42-46-77(47-43-72)97-55-23-15-9-3-5-11-17-25-57-99-83(93)74-60-75(62-81(61-74)101-82(92)29-21-20-28-76-65-91(90-89-76)54-22-14-8-2-1-7-13-19-27-59-104)84(94)100-58-26-18-12-6-4-10-16-24-56-98-78-48-44-73(45-49-78)86(96)103-80-52-40-71(41-53-80)69-36-32-67(64-88)33-37-69/h30-53,60-62,65,104H,1-19,21-27,29,54-59H2. The van der Waals surface area contributed by atoms with Crippen molar-refractivity contribution in [3.8, 4) is 75.0 Å². The van der Waals surface area contributed by atoms with Crippen LogP contribution in [0.5, 0.6) is 28.7 Å². The molecule has 0 aliphatic heterocycles. The summed E-state index contributed by atoms with van der Waals surface area (Å²) in [4.78, 5) is 65.8. The average Bonchev–Trinajstić information content (AvgIpc) is 0.861. The summed E-state index contributed by atoms with van der Waals surface area (Å²) in [7, 11) is 0. The summed E-state index contributed by atoms with van der Waals surface area (Å²) < 4.78 is 41.9. The molecule has 0 aliphatic rings. The Morgan fingerprint density at radius 1 is 0.375 bits per heavy atom. The second-order valence-electron chi connectivity index (χ2n) is 25.7. The van der Waals surface area contributed by atoms with Crippen molar-refractivity contribution < 1.29 is 57.1 Å². The van der Waals surface area contributed by atoms with Crippen molar-refractivity contribution in [2.24, 2.45) is 0 Å². The van der Waals surface area contributed by atoms with Crippen LogP contribution in [-0.4, -0.2) is 77.0 Å². The number of unbranched alkanes of at least 4 members (excludes halogenated alkanes) is 22. The van der Waals surface area contributed by atoms with E-state index in [2.05, 4.69) is 46.9 Å². The van der Waals surface area contributed by atoms with E-state index in [0.29, 0.717) is 77.0 Å². The Balaban J connectivity index is 0.688. The molecule has 7 aromatic carbocycles. The van der Waals surface area contributed by atoms with Crippen molar-refractivity contribution >= 4 is 42.5 Å². The van der Waals surface area contributed by atoms with Crippen molar-refractivity contribution in [3.05, 3.63) is 209 Å². The van der Waals surface area contributed by atoms with Crippen molar-refractivity contribution in [1.82, 2.24) is 15.0 Å². The number of thiol groups is 1. The fourth-order valence-electron chi connectivity index (χ4n) is 11.5. The van der Waals surface area contributed by atoms with Gasteiger partial charge < -0.3 is 33.2 Å². The van der Waals surface area contributed by atoms with Gasteiger partial charge in [0.2, 0.25) is 0 Å². The van der Waals surface area contributed by atoms with Gasteiger partial charge in [0.1, 0.15) is 28.7 Å². The van der Waals surface area contributed by atoms with Gasteiger partial charge in [-0.25, -0.2) is 19.2 Å². The molecule has 0 fully saturated rings. The fourth-order valence-corrected chi connectivity index (χ4v) is 11.7. The number of hydrogen-bond acceptors (Lipinski definition) is 17. The number of carbonyl (C=O) groups is 5. The predicted molar refractivity (Wildman–Crippen MR) is 405 cm³/mol. The molecule has 0 N–H and O–H groups in total. The Labute approximate surface area is 617 Å². The molecule has 0 atom stereocenters. The Kier molecular flexibility index (Phi) is 35.2. The molecule has 0 unspecified atom stereocenters. The summed E-state index contributed by atoms with van der Waals surface area (Å²) in [5, 5.41) is 26.5. The van der Waals surface area contributed by atoms with Crippen molar-refractivity contribution in [2.75, 3.05) is 32.2 Å². The highest BCUT2D eigenvalue weighted by atomic mass is 32.1. The van der Waals surface area contributed by atoms with Crippen LogP contribution < -0.4 is 23.7 Å². The van der Waals surface area contributed by atoms with E-state index in [1.165, 1.54) is 63.1 Å². The first-order valence-corrected chi connectivity index (χ1v) is 37.5. The van der Waals surface area contributed by atoms with Crippen LogP contribution >= 0.6 is 12.6 Å². The molecule has 8 aromatic rings. The van der Waals surface area contributed by atoms with Crippen LogP contribution in [0.15, 0.2) is 170 Å². The lowest BCUT2D eigenvalue weighted by Crippen LogP contribution is -2.13. The maximum Gasteiger partial charge on any atom is 0.343 e. The number of esters is 5. The zero-order chi connectivity index (χ0) is 73.0. The lowest BCUT2D eigenvalue weighted by Gasteiger charge is -2.11. The van der Waals surface area contributed by atoms with Gasteiger partial charge in [-0.2, -0.15) is 23.2 Å². The van der Waals surface area contributed by atoms with E-state index in [-0.39, 0.29) is 42.9 Å². The van der Waals surface area contributed by atoms with Crippen molar-refractivity contribution in [1.29, 1.82) is 10.5 Å². The van der Waals surface area contributed by atoms with E-state index < -0.39 is 29.8 Å². The number of ether oxygens (including phenoxy) is 7. The molecule has 104 heavy (non-hydrogen) atoms. The van der Waals surface area contributed by atoms with Gasteiger partial charge in [-0.05, 0) is 188 Å². The summed E-state index contributed by atoms with van der Waals surface area (Å²) in [5.74, 6) is 6.41. The van der Waals surface area contributed by atoms with E-state index in [1.807, 2.05) is 54.7 Å². The zero-order valence-corrected chi connectivity index (χ0v) is 60.5. The topological polar surface area (TPSA) is 228 Å². The number of aromatic nitrogens is 3. The minimum Gasteiger partial charge on any atom is -0.494 e. The van der Waals surface area contributed by atoms with Gasteiger partial charge in [0, 0.05) is 13.0 Å². The van der Waals surface area contributed by atoms with Crippen molar-refractivity contribution in [2.45, 2.75) is 180 Å². The van der Waals surface area contributed by atoms with Crippen LogP contribution in [0.1, 0.15) is 232 Å². The Morgan fingerprint density at radius 2 is 0.740 bits per heavy atom. The first-order valence-electron chi connectivity index (χ1n) is 36.8. The largest absolute Gasteiger partial charge is 0.494 e. The number of carbonyl (C=O) groups excluding carboxylic acids is 5. The van der Waals surface area contributed by atoms with Gasteiger partial charge >= 0.3 is 29.8 Å². The van der Waals surface area contributed by atoms with E-state index in [1.54, 1.807) is 102 Å². The molecule has 17 nitrogen and oxygen atoms in total. The quantitative estimate of drug-likeness (QED) is 0.0123. The highest BCUT2D eigenvalue weighted by Gasteiger charge is 2.19. The lowest BCUT2D eigenvalue weighted by atomic mass is 10.0. The van der Waals surface area contributed by atoms with Crippen molar-refractivity contribution in [3.63, 3.8) is 0 Å². The zero-order valence-electron chi connectivity index (χ0n) is 59.6. The lowest BCUT2D eigenvalue weighted by molar-refractivity contribution is -0.134. The Bertz CT molecular complexity index is 3860. The highest BCUT2D eigenvalue weighted by molar-refractivity contribution is 7.80. The molecule has 0 aliphatic carbocycles. The molecule has 18 heteroatoms. The third-order valence-electron chi connectivity index (χ3n) is 17.4. The number of rotatable bonds is 46. The highest BCUT2D eigenvalue weighted by Crippen LogP contribution is 2.28. The van der Waals surface area contributed by atoms with Crippen LogP contribution in [0.2, 0.25) is 0 Å². The SMILES string of the molecule is N#Cc1ccc(-c2ccc(OC(=O)c3ccc(OCCCCCCCCCCOC(=O)c4cc(OC(=O)CCC#Cc5cn(CCCCCCCCCCCS)nn5)cc(C(=O)OCCCCCCCCCCOc5ccc(C(=O)Oc6ccc(-c7ccc(C#N)cc7)cc6)cc5)c4)cc3)cc2)cc1. The number of nitrogens with zero attached hydrogens (tertiary/aromatic N) is 5. The summed E-state index contributed by atoms with van der Waals surface area (Å²) in [5.41, 5.74) is 6.50. The molecular formula is C86H95N5O12S. The second-order valence-corrected chi connectivity index (χ2v) is 26.1. The van der Waals surface area contributed by atoms with Crippen LogP contribution in [0.3, 0.4) is 0 Å². The third-order valence-corrected chi connectivity index (χ3v) is 17.8. The molecule has 1 heterocycles. The molecule has 0 spiro atoms. The van der Waals surface area contributed by atoms with Gasteiger partial charge in [-0.3, -0.25) is 9.48 Å². The Morgan fingerprint density at radius 3 is 1.14 bits per heavy atom. The van der Waals surface area contributed by atoms with Gasteiger partial charge in [0.15, 0.2) is 5.69 Å². The predicted octanol–water partition coefficient (Wildman–Crippen LogP) is 19.7. The third kappa shape index (κ3) is 29.5. The maximum atomic E-state index is 13.5. The molecular weight excluding hydrogens is 1330 g/mol. The molecule has 0 saturated carbocycles. The number of hydrogen-bond donors (Lipinski definition) is 1. The molecule has 1 aromatic heterocycles. The minimum absolute atomic E-state index is 0.0280. The summed E-state index contributed by atoms with van der Waals surface area (Å²) in [6.07, 6.45) is 28.1. The van der Waals surface area contributed by atoms with E-state index in [4.69, 9.17) is 43.7 Å². The second kappa shape index (κ2) is 46.2. The molecule has 0 radical (unpaired) electrons. The molecule has 0 bridgehead atoms. The number of aryl methyl sites for hydroxylation is 1. The molecule has 8 rings (SSSR count). The monoisotopic (exact) mass is 1420 g/mol. The van der Waals surface area contributed by atoms with Crippen LogP contribution in [0.25, 0.3) is 22.3 Å². The van der Waals surface area contributed by atoms with Gasteiger partial charge in [-0.15, -0.1) is 5.10 Å². The van der Waals surface area contributed by atoms with Gasteiger partial charge in [0.05, 0.1) is 84.6 Å². The van der Waals surface area contributed by atoms with E-state index >= 15 is 0 Å². The maximum absolute atomic E-state index is 13.5. The van der Waals surface area contributed by atoms with Gasteiger partial charge in [-0.1, -0.05) is 182 Å². The minimum atomic E-state index is -0.636. The first-order chi connectivity index (χ1) is 51.0. The summed E-state index contributed by atoms with van der Waals surface area (Å²) >= 11 is 4.29. The number of nitriles is 2. The molecule has 542 valence electrons. The van der Waals surface area contributed by atoms with Gasteiger partial charge in [0.25, 0.3) is 0 Å².